The summed E-state index contributed by atoms with van der Waals surface area (Å²) in [5.74, 6) is 0. The Balaban J connectivity index is 2.40. The van der Waals surface area contributed by atoms with Gasteiger partial charge in [0.15, 0.2) is 0 Å². The van der Waals surface area contributed by atoms with Crippen molar-refractivity contribution < 1.29 is 0 Å². The number of hydrogen-bond donors (Lipinski definition) is 2. The summed E-state index contributed by atoms with van der Waals surface area (Å²) in [6.07, 6.45) is 0.660. The van der Waals surface area contributed by atoms with Gasteiger partial charge in [0, 0.05) is 11.1 Å². The van der Waals surface area contributed by atoms with Crippen LogP contribution in [-0.2, 0) is 6.42 Å². The molecule has 2 nitrogen and oxygen atoms in total. The molecule has 1 aliphatic carbocycles. The fourth-order valence-electron chi connectivity index (χ4n) is 2.43. The number of anilines is 2. The molecule has 2 aromatic rings. The van der Waals surface area contributed by atoms with Crippen LogP contribution in [0.15, 0.2) is 12.1 Å². The van der Waals surface area contributed by atoms with Gasteiger partial charge < -0.3 is 11.5 Å². The maximum Gasteiger partial charge on any atom is 0.0828 e. The van der Waals surface area contributed by atoms with E-state index in [1.807, 2.05) is 12.1 Å². The maximum atomic E-state index is 6.29. The van der Waals surface area contributed by atoms with Crippen LogP contribution >= 0.6 is 46.4 Å². The molecule has 3 rings (SSSR count). The average Bonchev–Trinajstić information content (AvgIpc) is 2.71. The fraction of sp³-hybridized carbons (Fsp3) is 0.0769. The minimum Gasteiger partial charge on any atom is -0.397 e. The predicted molar refractivity (Wildman–Crippen MR) is 83.5 cm³/mol. The summed E-state index contributed by atoms with van der Waals surface area (Å²) in [5.41, 5.74) is 16.1. The number of nitrogens with two attached hydrogens (primary N) is 2. The minimum atomic E-state index is 0.331. The Bertz CT molecular complexity index is 664. The quantitative estimate of drug-likeness (QED) is 0.566. The molecular weight excluding hydrogens is 326 g/mol. The van der Waals surface area contributed by atoms with Crippen LogP contribution in [0.3, 0.4) is 0 Å². The Morgan fingerprint density at radius 2 is 1.05 bits per heavy atom. The summed E-state index contributed by atoms with van der Waals surface area (Å²) in [5, 5.41) is 1.46. The van der Waals surface area contributed by atoms with E-state index in [0.717, 1.165) is 22.3 Å². The Kier molecular flexibility index (Phi) is 3.02. The predicted octanol–water partition coefficient (Wildman–Crippen LogP) is 5.04. The minimum absolute atomic E-state index is 0.331. The van der Waals surface area contributed by atoms with E-state index in [2.05, 4.69) is 0 Å². The topological polar surface area (TPSA) is 52.0 Å². The largest absolute Gasteiger partial charge is 0.397 e. The zero-order chi connectivity index (χ0) is 13.9. The first-order chi connectivity index (χ1) is 8.91. The highest BCUT2D eigenvalue weighted by Crippen LogP contribution is 2.51. The van der Waals surface area contributed by atoms with Crippen LogP contribution < -0.4 is 11.5 Å². The molecule has 0 aromatic heterocycles. The SMILES string of the molecule is Nc1cc2c(c(Cl)c1Cl)-c1c(cc(N)c(Cl)c1Cl)C2. The molecule has 6 heteroatoms. The number of fused-ring (bicyclic) bond motifs is 3. The van der Waals surface area contributed by atoms with Crippen molar-refractivity contribution in [3.8, 4) is 11.1 Å². The van der Waals surface area contributed by atoms with Crippen molar-refractivity contribution in [2.75, 3.05) is 11.5 Å². The molecule has 0 saturated carbocycles. The molecule has 98 valence electrons. The van der Waals surface area contributed by atoms with Gasteiger partial charge >= 0.3 is 0 Å². The third kappa shape index (κ3) is 1.78. The van der Waals surface area contributed by atoms with Gasteiger partial charge in [0.05, 0.1) is 31.5 Å². The number of nitrogen functional groups attached to an aromatic ring is 2. The van der Waals surface area contributed by atoms with Crippen LogP contribution in [0, 0.1) is 0 Å². The molecule has 0 heterocycles. The van der Waals surface area contributed by atoms with E-state index in [1.165, 1.54) is 0 Å². The number of halogens is 4. The highest BCUT2D eigenvalue weighted by Gasteiger charge is 2.28. The lowest BCUT2D eigenvalue weighted by molar-refractivity contribution is 1.26. The average molecular weight is 334 g/mol. The van der Waals surface area contributed by atoms with Gasteiger partial charge in [-0.2, -0.15) is 0 Å². The van der Waals surface area contributed by atoms with Crippen LogP contribution in [0.4, 0.5) is 11.4 Å². The second kappa shape index (κ2) is 4.35. The standard InChI is InChI=1S/C13H8Cl4N2/c14-10-6(18)2-4-1-5-3-7(19)11(15)13(17)9(5)8(4)12(10)16/h2-3H,1,18-19H2. The van der Waals surface area contributed by atoms with Gasteiger partial charge in [-0.15, -0.1) is 0 Å². The van der Waals surface area contributed by atoms with Gasteiger partial charge in [-0.05, 0) is 29.7 Å². The van der Waals surface area contributed by atoms with E-state index >= 15 is 0 Å². The molecule has 0 spiro atoms. The van der Waals surface area contributed by atoms with Crippen molar-refractivity contribution in [1.82, 2.24) is 0 Å². The van der Waals surface area contributed by atoms with E-state index in [1.54, 1.807) is 0 Å². The molecule has 0 unspecified atom stereocenters. The second-order valence-corrected chi connectivity index (χ2v) is 5.94. The number of hydrogen-bond acceptors (Lipinski definition) is 2. The van der Waals surface area contributed by atoms with Crippen molar-refractivity contribution in [3.05, 3.63) is 43.4 Å². The summed E-state index contributed by atoms with van der Waals surface area (Å²) in [6, 6.07) is 3.62. The fourth-order valence-corrected chi connectivity index (χ4v) is 3.37. The molecule has 0 radical (unpaired) electrons. The van der Waals surface area contributed by atoms with Gasteiger partial charge in [0.2, 0.25) is 0 Å². The smallest absolute Gasteiger partial charge is 0.0828 e. The van der Waals surface area contributed by atoms with Crippen molar-refractivity contribution in [3.63, 3.8) is 0 Å². The number of benzene rings is 2. The summed E-state index contributed by atoms with van der Waals surface area (Å²) in [4.78, 5) is 0. The Morgan fingerprint density at radius 3 is 1.42 bits per heavy atom. The zero-order valence-corrected chi connectivity index (χ0v) is 12.6. The maximum absolute atomic E-state index is 6.29. The van der Waals surface area contributed by atoms with E-state index < -0.39 is 0 Å². The summed E-state index contributed by atoms with van der Waals surface area (Å²) in [6.45, 7) is 0. The monoisotopic (exact) mass is 332 g/mol. The van der Waals surface area contributed by atoms with Gasteiger partial charge in [0.1, 0.15) is 0 Å². The van der Waals surface area contributed by atoms with Crippen molar-refractivity contribution >= 4 is 57.8 Å². The molecule has 0 bridgehead atoms. The molecule has 0 saturated heterocycles. The van der Waals surface area contributed by atoms with E-state index in [4.69, 9.17) is 57.9 Å². The van der Waals surface area contributed by atoms with Crippen molar-refractivity contribution in [1.29, 1.82) is 0 Å². The lowest BCUT2D eigenvalue weighted by Crippen LogP contribution is -1.92. The first-order valence-corrected chi connectivity index (χ1v) is 6.96. The molecule has 4 N–H and O–H groups in total. The van der Waals surface area contributed by atoms with E-state index in [0.29, 0.717) is 37.9 Å². The van der Waals surface area contributed by atoms with Gasteiger partial charge in [0.25, 0.3) is 0 Å². The first-order valence-electron chi connectivity index (χ1n) is 5.45. The molecule has 19 heavy (non-hydrogen) atoms. The van der Waals surface area contributed by atoms with Crippen molar-refractivity contribution in [2.45, 2.75) is 6.42 Å². The van der Waals surface area contributed by atoms with E-state index in [9.17, 15) is 0 Å². The normalized spacial score (nSPS) is 12.4. The Labute approximate surface area is 130 Å². The lowest BCUT2D eigenvalue weighted by atomic mass is 10.0. The number of rotatable bonds is 0. The lowest BCUT2D eigenvalue weighted by Gasteiger charge is -2.11. The summed E-state index contributed by atoms with van der Waals surface area (Å²) < 4.78 is 0. The van der Waals surface area contributed by atoms with Gasteiger partial charge in [-0.25, -0.2) is 0 Å². The summed E-state index contributed by atoms with van der Waals surface area (Å²) in [7, 11) is 0. The van der Waals surface area contributed by atoms with Gasteiger partial charge in [-0.3, -0.25) is 0 Å². The molecular formula is C13H8Cl4N2. The Hall–Kier alpha value is -0.800. The van der Waals surface area contributed by atoms with Crippen LogP contribution in [0.25, 0.3) is 11.1 Å². The van der Waals surface area contributed by atoms with Gasteiger partial charge in [-0.1, -0.05) is 46.4 Å². The van der Waals surface area contributed by atoms with Crippen LogP contribution in [0.5, 0.6) is 0 Å². The van der Waals surface area contributed by atoms with Crippen LogP contribution in [-0.4, -0.2) is 0 Å². The third-order valence-corrected chi connectivity index (χ3v) is 5.03. The highest BCUT2D eigenvalue weighted by molar-refractivity contribution is 6.48. The second-order valence-electron chi connectivity index (χ2n) is 4.43. The van der Waals surface area contributed by atoms with Crippen LogP contribution in [0.1, 0.15) is 11.1 Å². The Morgan fingerprint density at radius 1 is 0.684 bits per heavy atom. The molecule has 0 atom stereocenters. The molecule has 1 aliphatic rings. The first kappa shape index (κ1) is 13.2. The highest BCUT2D eigenvalue weighted by atomic mass is 35.5. The molecule has 0 aliphatic heterocycles. The third-order valence-electron chi connectivity index (χ3n) is 3.26. The summed E-state index contributed by atoms with van der Waals surface area (Å²) >= 11 is 24.8. The molecule has 0 amide bonds. The zero-order valence-electron chi connectivity index (χ0n) is 9.53. The molecule has 2 aromatic carbocycles. The van der Waals surface area contributed by atoms with Crippen molar-refractivity contribution in [2.24, 2.45) is 0 Å². The van der Waals surface area contributed by atoms with E-state index in [-0.39, 0.29) is 0 Å². The molecule has 0 fully saturated rings. The van der Waals surface area contributed by atoms with Crippen LogP contribution in [0.2, 0.25) is 20.1 Å².